The summed E-state index contributed by atoms with van der Waals surface area (Å²) < 4.78 is 6.65. The van der Waals surface area contributed by atoms with Crippen LogP contribution in [-0.4, -0.2) is 25.6 Å². The van der Waals surface area contributed by atoms with Crippen molar-refractivity contribution in [3.63, 3.8) is 0 Å². The lowest BCUT2D eigenvalue weighted by atomic mass is 9.80. The lowest BCUT2D eigenvalue weighted by Gasteiger charge is -2.44. The molecule has 0 heterocycles. The zero-order valence-electron chi connectivity index (χ0n) is 12.8. The first-order valence-electron chi connectivity index (χ1n) is 7.55. The van der Waals surface area contributed by atoms with E-state index in [1.807, 2.05) is 0 Å². The molecule has 0 aromatic carbocycles. The predicted molar refractivity (Wildman–Crippen MR) is 78.2 cm³/mol. The second-order valence-corrected chi connectivity index (χ2v) is 12.7. The van der Waals surface area contributed by atoms with Crippen molar-refractivity contribution < 1.29 is 9.53 Å². The van der Waals surface area contributed by atoms with Crippen LogP contribution in [0.3, 0.4) is 0 Å². The molecule has 2 aliphatic carbocycles. The van der Waals surface area contributed by atoms with Gasteiger partial charge in [-0.3, -0.25) is 0 Å². The molecule has 0 aromatic heterocycles. The van der Waals surface area contributed by atoms with Gasteiger partial charge in [0, 0.05) is 5.41 Å². The summed E-state index contributed by atoms with van der Waals surface area (Å²) in [5.74, 6) is 0. The molecule has 2 saturated carbocycles. The highest BCUT2D eigenvalue weighted by molar-refractivity contribution is 6.74. The summed E-state index contributed by atoms with van der Waals surface area (Å²) in [4.78, 5) is 0. The van der Waals surface area contributed by atoms with Crippen LogP contribution in [0, 0.1) is 5.41 Å². The van der Waals surface area contributed by atoms with Gasteiger partial charge in [0.05, 0.1) is 12.2 Å². The van der Waals surface area contributed by atoms with Crippen molar-refractivity contribution >= 4 is 8.32 Å². The standard InChI is InChI=1S/C15H30O2Si/c1-14(2,3)18(4,5)17-13-9-7-11-15(13)10-6-8-12(15)16/h12-13,16H,6-11H2,1-5H3/t12-,13-,15-/m0/s1. The second kappa shape index (κ2) is 4.60. The van der Waals surface area contributed by atoms with Gasteiger partial charge in [-0.25, -0.2) is 0 Å². The fraction of sp³-hybridized carbons (Fsp3) is 1.00. The number of aliphatic hydroxyl groups excluding tert-OH is 1. The fourth-order valence-corrected chi connectivity index (χ4v) is 4.94. The van der Waals surface area contributed by atoms with Gasteiger partial charge < -0.3 is 9.53 Å². The van der Waals surface area contributed by atoms with Crippen LogP contribution in [0.15, 0.2) is 0 Å². The van der Waals surface area contributed by atoms with Crippen molar-refractivity contribution in [3.8, 4) is 0 Å². The third kappa shape index (κ3) is 2.30. The summed E-state index contributed by atoms with van der Waals surface area (Å²) in [5.41, 5.74) is 0.107. The van der Waals surface area contributed by atoms with Crippen molar-refractivity contribution in [1.82, 2.24) is 0 Å². The minimum absolute atomic E-state index is 0.107. The van der Waals surface area contributed by atoms with Crippen LogP contribution >= 0.6 is 0 Å². The molecule has 3 heteroatoms. The van der Waals surface area contributed by atoms with Gasteiger partial charge in [-0.15, -0.1) is 0 Å². The fourth-order valence-electron chi connectivity index (χ4n) is 3.52. The van der Waals surface area contributed by atoms with Gasteiger partial charge in [0.25, 0.3) is 0 Å². The topological polar surface area (TPSA) is 29.5 Å². The van der Waals surface area contributed by atoms with E-state index in [1.165, 1.54) is 25.7 Å². The Labute approximate surface area is 113 Å². The molecule has 1 N–H and O–H groups in total. The third-order valence-electron chi connectivity index (χ3n) is 5.78. The monoisotopic (exact) mass is 270 g/mol. The SMILES string of the molecule is CC(C)(C)[Si](C)(C)O[C@H]1CCC[C@]12CCC[C@@H]2O. The van der Waals surface area contributed by atoms with E-state index in [1.54, 1.807) is 0 Å². The molecule has 0 aromatic rings. The number of aliphatic hydroxyl groups is 1. The van der Waals surface area contributed by atoms with Gasteiger partial charge in [-0.2, -0.15) is 0 Å². The first-order chi connectivity index (χ1) is 8.19. The third-order valence-corrected chi connectivity index (χ3v) is 10.3. The molecule has 2 rings (SSSR count). The molecule has 1 spiro atoms. The highest BCUT2D eigenvalue weighted by Crippen LogP contribution is 2.53. The molecular weight excluding hydrogens is 240 g/mol. The molecule has 2 aliphatic rings. The van der Waals surface area contributed by atoms with Crippen LogP contribution in [0.25, 0.3) is 0 Å². The first-order valence-corrected chi connectivity index (χ1v) is 10.5. The Balaban J connectivity index is 2.14. The van der Waals surface area contributed by atoms with E-state index in [4.69, 9.17) is 4.43 Å². The predicted octanol–water partition coefficient (Wildman–Crippen LogP) is 4.09. The quantitative estimate of drug-likeness (QED) is 0.766. The van der Waals surface area contributed by atoms with Crippen LogP contribution in [0.2, 0.25) is 18.1 Å². The maximum Gasteiger partial charge on any atom is 0.192 e. The Morgan fingerprint density at radius 3 is 2.17 bits per heavy atom. The van der Waals surface area contributed by atoms with E-state index in [0.29, 0.717) is 6.10 Å². The van der Waals surface area contributed by atoms with Gasteiger partial charge >= 0.3 is 0 Å². The van der Waals surface area contributed by atoms with E-state index in [2.05, 4.69) is 33.9 Å². The van der Waals surface area contributed by atoms with Crippen LogP contribution in [0.5, 0.6) is 0 Å². The van der Waals surface area contributed by atoms with Crippen LogP contribution in [0.1, 0.15) is 59.3 Å². The second-order valence-electron chi connectivity index (χ2n) is 7.90. The van der Waals surface area contributed by atoms with Gasteiger partial charge in [-0.05, 0) is 43.8 Å². The van der Waals surface area contributed by atoms with Crippen LogP contribution in [0.4, 0.5) is 0 Å². The molecular formula is C15H30O2Si. The normalized spacial score (nSPS) is 37.7. The summed E-state index contributed by atoms with van der Waals surface area (Å²) in [5, 5.41) is 10.6. The van der Waals surface area contributed by atoms with Crippen LogP contribution in [-0.2, 0) is 4.43 Å². The molecule has 2 nitrogen and oxygen atoms in total. The van der Waals surface area contributed by atoms with Crippen molar-refractivity contribution in [2.75, 3.05) is 0 Å². The zero-order chi connectivity index (χ0) is 13.6. The highest BCUT2D eigenvalue weighted by atomic mass is 28.4. The zero-order valence-corrected chi connectivity index (χ0v) is 13.8. The van der Waals surface area contributed by atoms with E-state index in [-0.39, 0.29) is 16.6 Å². The Morgan fingerprint density at radius 1 is 1.11 bits per heavy atom. The average Bonchev–Trinajstić information content (AvgIpc) is 2.76. The minimum atomic E-state index is -1.70. The molecule has 106 valence electrons. The summed E-state index contributed by atoms with van der Waals surface area (Å²) >= 11 is 0. The lowest BCUT2D eigenvalue weighted by molar-refractivity contribution is -0.0237. The summed E-state index contributed by atoms with van der Waals surface area (Å²) in [6, 6.07) is 0. The molecule has 0 radical (unpaired) electrons. The Morgan fingerprint density at radius 2 is 1.67 bits per heavy atom. The molecule has 2 fully saturated rings. The molecule has 0 aliphatic heterocycles. The number of hydrogen-bond donors (Lipinski definition) is 1. The van der Waals surface area contributed by atoms with Crippen molar-refractivity contribution in [2.24, 2.45) is 5.41 Å². The molecule has 0 unspecified atom stereocenters. The maximum absolute atomic E-state index is 10.4. The van der Waals surface area contributed by atoms with E-state index in [9.17, 15) is 5.11 Å². The van der Waals surface area contributed by atoms with Gasteiger partial charge in [0.2, 0.25) is 0 Å². The van der Waals surface area contributed by atoms with Crippen LogP contribution < -0.4 is 0 Å². The van der Waals surface area contributed by atoms with Crippen molar-refractivity contribution in [2.45, 2.75) is 89.6 Å². The molecule has 0 bridgehead atoms. The average molecular weight is 270 g/mol. The molecule has 3 atom stereocenters. The summed E-state index contributed by atoms with van der Waals surface area (Å²) in [6.07, 6.45) is 7.10. The molecule has 0 saturated heterocycles. The van der Waals surface area contributed by atoms with Gasteiger partial charge in [0.1, 0.15) is 0 Å². The Kier molecular flexibility index (Phi) is 3.72. The van der Waals surface area contributed by atoms with E-state index in [0.717, 1.165) is 12.8 Å². The smallest absolute Gasteiger partial charge is 0.192 e. The number of hydrogen-bond acceptors (Lipinski definition) is 2. The number of rotatable bonds is 2. The van der Waals surface area contributed by atoms with Crippen molar-refractivity contribution in [3.05, 3.63) is 0 Å². The van der Waals surface area contributed by atoms with Gasteiger partial charge in [0.15, 0.2) is 8.32 Å². The van der Waals surface area contributed by atoms with Crippen molar-refractivity contribution in [1.29, 1.82) is 0 Å². The maximum atomic E-state index is 10.4. The largest absolute Gasteiger partial charge is 0.413 e. The van der Waals surface area contributed by atoms with E-state index >= 15 is 0 Å². The Bertz CT molecular complexity index is 304. The first kappa shape index (κ1) is 14.5. The lowest BCUT2D eigenvalue weighted by Crippen LogP contribution is -2.49. The highest BCUT2D eigenvalue weighted by Gasteiger charge is 2.53. The Hall–Kier alpha value is 0.137. The summed E-state index contributed by atoms with van der Waals surface area (Å²) in [7, 11) is -1.70. The van der Waals surface area contributed by atoms with Gasteiger partial charge in [-0.1, -0.05) is 33.6 Å². The van der Waals surface area contributed by atoms with E-state index < -0.39 is 8.32 Å². The molecule has 18 heavy (non-hydrogen) atoms. The molecule has 0 amide bonds. The summed E-state index contributed by atoms with van der Waals surface area (Å²) in [6.45, 7) is 11.6. The minimum Gasteiger partial charge on any atom is -0.413 e.